The van der Waals surface area contributed by atoms with Crippen molar-refractivity contribution in [2.24, 2.45) is 11.7 Å². The molecule has 12 nitrogen and oxygen atoms in total. The number of carboxylic acids is 1. The first-order chi connectivity index (χ1) is 20.1. The Morgan fingerprint density at radius 3 is 1.76 bits per heavy atom. The Hall–Kier alpha value is -4.68. The Labute approximate surface area is 242 Å². The highest BCUT2D eigenvalue weighted by molar-refractivity contribution is 5.95. The number of aliphatic hydroxyl groups is 1. The van der Waals surface area contributed by atoms with Gasteiger partial charge in [-0.05, 0) is 29.2 Å². The Kier molecular flexibility index (Phi) is 9.60. The van der Waals surface area contributed by atoms with E-state index in [2.05, 4.69) is 25.9 Å². The van der Waals surface area contributed by atoms with Crippen molar-refractivity contribution in [2.75, 3.05) is 6.61 Å². The van der Waals surface area contributed by atoms with E-state index in [4.69, 9.17) is 5.73 Å². The van der Waals surface area contributed by atoms with Gasteiger partial charge in [0.15, 0.2) is 0 Å². The average Bonchev–Trinajstić information content (AvgIpc) is 3.58. The number of benzene rings is 2. The lowest BCUT2D eigenvalue weighted by Crippen LogP contribution is -2.59. The Balaban J connectivity index is 1.59. The third-order valence-corrected chi connectivity index (χ3v) is 7.23. The number of nitrogens with one attached hydrogen (secondary N) is 5. The van der Waals surface area contributed by atoms with E-state index in [1.807, 2.05) is 48.5 Å². The van der Waals surface area contributed by atoms with Gasteiger partial charge in [0.2, 0.25) is 17.7 Å². The molecule has 3 amide bonds. The summed E-state index contributed by atoms with van der Waals surface area (Å²) < 4.78 is 0. The number of aromatic amines is 2. The van der Waals surface area contributed by atoms with Crippen LogP contribution in [0.2, 0.25) is 0 Å². The maximum absolute atomic E-state index is 13.7. The van der Waals surface area contributed by atoms with Gasteiger partial charge in [0.25, 0.3) is 0 Å². The van der Waals surface area contributed by atoms with Crippen molar-refractivity contribution in [3.63, 3.8) is 0 Å². The molecule has 0 spiro atoms. The number of amides is 3. The van der Waals surface area contributed by atoms with Crippen LogP contribution in [0, 0.1) is 5.92 Å². The molecule has 12 heteroatoms. The van der Waals surface area contributed by atoms with E-state index >= 15 is 0 Å². The summed E-state index contributed by atoms with van der Waals surface area (Å²) in [7, 11) is 0. The number of nitrogens with two attached hydrogens (primary N) is 1. The summed E-state index contributed by atoms with van der Waals surface area (Å²) in [6.07, 6.45) is 3.52. The lowest BCUT2D eigenvalue weighted by atomic mass is 9.99. The minimum Gasteiger partial charge on any atom is -0.480 e. The highest BCUT2D eigenvalue weighted by atomic mass is 16.4. The van der Waals surface area contributed by atoms with Gasteiger partial charge in [-0.1, -0.05) is 50.2 Å². The van der Waals surface area contributed by atoms with Crippen LogP contribution in [0.15, 0.2) is 60.9 Å². The summed E-state index contributed by atoms with van der Waals surface area (Å²) in [5, 5.41) is 28.8. The van der Waals surface area contributed by atoms with E-state index in [0.29, 0.717) is 0 Å². The molecule has 0 fully saturated rings. The second kappa shape index (κ2) is 13.3. The van der Waals surface area contributed by atoms with Gasteiger partial charge in [-0.15, -0.1) is 0 Å². The second-order valence-electron chi connectivity index (χ2n) is 10.6. The molecule has 0 saturated carbocycles. The van der Waals surface area contributed by atoms with Gasteiger partial charge in [-0.25, -0.2) is 4.79 Å². The summed E-state index contributed by atoms with van der Waals surface area (Å²) in [4.78, 5) is 57.9. The minimum absolute atomic E-state index is 0.0164. The number of carbonyl (C=O) groups is 4. The smallest absolute Gasteiger partial charge is 0.326 e. The fourth-order valence-electron chi connectivity index (χ4n) is 4.86. The maximum Gasteiger partial charge on any atom is 0.326 e. The highest BCUT2D eigenvalue weighted by Gasteiger charge is 2.32. The lowest BCUT2D eigenvalue weighted by Gasteiger charge is -2.27. The van der Waals surface area contributed by atoms with E-state index in [0.717, 1.165) is 32.9 Å². The first-order valence-electron chi connectivity index (χ1n) is 13.7. The fraction of sp³-hybridized carbons (Fsp3) is 0.333. The predicted molar refractivity (Wildman–Crippen MR) is 157 cm³/mol. The number of aromatic nitrogens is 2. The number of hydrogen-bond donors (Lipinski definition) is 8. The van der Waals surface area contributed by atoms with Gasteiger partial charge in [-0.3, -0.25) is 14.4 Å². The van der Waals surface area contributed by atoms with E-state index in [-0.39, 0.29) is 18.8 Å². The second-order valence-corrected chi connectivity index (χ2v) is 10.6. The monoisotopic (exact) mass is 576 g/mol. The van der Waals surface area contributed by atoms with Crippen molar-refractivity contribution < 1.29 is 29.4 Å². The summed E-state index contributed by atoms with van der Waals surface area (Å²) in [6.45, 7) is 2.83. The third-order valence-electron chi connectivity index (χ3n) is 7.23. The molecule has 0 aliphatic heterocycles. The molecule has 0 aliphatic rings. The summed E-state index contributed by atoms with van der Waals surface area (Å²) in [6, 6.07) is 10.2. The number of para-hydroxylation sites is 2. The SMILES string of the molecule is CC(C)C(NC(=O)C(N)CO)C(=O)NC(Cc1c[nH]c2ccccc12)C(=O)NC(Cc1c[nH]c2ccccc12)C(=O)O. The molecule has 2 aromatic carbocycles. The van der Waals surface area contributed by atoms with E-state index in [1.54, 1.807) is 26.2 Å². The van der Waals surface area contributed by atoms with Gasteiger partial charge in [0, 0.05) is 47.0 Å². The number of carbonyl (C=O) groups excluding carboxylic acids is 3. The van der Waals surface area contributed by atoms with Crippen molar-refractivity contribution in [1.29, 1.82) is 0 Å². The number of aliphatic hydroxyl groups excluding tert-OH is 1. The quantitative estimate of drug-likeness (QED) is 0.116. The summed E-state index contributed by atoms with van der Waals surface area (Å²) >= 11 is 0. The lowest BCUT2D eigenvalue weighted by molar-refractivity contribution is -0.142. The third kappa shape index (κ3) is 6.96. The number of fused-ring (bicyclic) bond motifs is 2. The van der Waals surface area contributed by atoms with Crippen molar-refractivity contribution >= 4 is 45.5 Å². The molecule has 2 aromatic heterocycles. The molecule has 4 unspecified atom stereocenters. The number of hydrogen-bond acceptors (Lipinski definition) is 6. The van der Waals surface area contributed by atoms with Crippen molar-refractivity contribution in [3.05, 3.63) is 72.1 Å². The molecule has 4 atom stereocenters. The van der Waals surface area contributed by atoms with Gasteiger partial charge < -0.3 is 41.9 Å². The molecule has 222 valence electrons. The zero-order valence-corrected chi connectivity index (χ0v) is 23.4. The van der Waals surface area contributed by atoms with Crippen LogP contribution in [0.1, 0.15) is 25.0 Å². The molecule has 0 saturated heterocycles. The topological polar surface area (TPSA) is 202 Å². The van der Waals surface area contributed by atoms with E-state index < -0.39 is 54.5 Å². The van der Waals surface area contributed by atoms with Crippen molar-refractivity contribution in [1.82, 2.24) is 25.9 Å². The summed E-state index contributed by atoms with van der Waals surface area (Å²) in [5.41, 5.74) is 8.75. The molecule has 2 heterocycles. The number of rotatable bonds is 13. The molecule has 0 radical (unpaired) electrons. The number of H-pyrrole nitrogens is 2. The van der Waals surface area contributed by atoms with Crippen LogP contribution >= 0.6 is 0 Å². The van der Waals surface area contributed by atoms with Crippen molar-refractivity contribution in [2.45, 2.75) is 50.9 Å². The first kappa shape index (κ1) is 30.3. The van der Waals surface area contributed by atoms with Crippen LogP contribution in [0.4, 0.5) is 0 Å². The highest BCUT2D eigenvalue weighted by Crippen LogP contribution is 2.21. The van der Waals surface area contributed by atoms with Gasteiger partial charge >= 0.3 is 5.97 Å². The fourth-order valence-corrected chi connectivity index (χ4v) is 4.86. The van der Waals surface area contributed by atoms with Crippen LogP contribution < -0.4 is 21.7 Å². The largest absolute Gasteiger partial charge is 0.480 e. The van der Waals surface area contributed by atoms with Crippen molar-refractivity contribution in [3.8, 4) is 0 Å². The van der Waals surface area contributed by atoms with Crippen LogP contribution in [0.3, 0.4) is 0 Å². The first-order valence-corrected chi connectivity index (χ1v) is 13.7. The molecule has 42 heavy (non-hydrogen) atoms. The minimum atomic E-state index is -1.28. The molecule has 4 rings (SSSR count). The van der Waals surface area contributed by atoms with Crippen LogP contribution in [-0.4, -0.2) is 74.6 Å². The Morgan fingerprint density at radius 2 is 1.26 bits per heavy atom. The van der Waals surface area contributed by atoms with Gasteiger partial charge in [0.05, 0.1) is 6.61 Å². The average molecular weight is 577 g/mol. The molecular weight excluding hydrogens is 540 g/mol. The number of aliphatic carboxylic acids is 1. The van der Waals surface area contributed by atoms with E-state index in [1.165, 1.54) is 0 Å². The van der Waals surface area contributed by atoms with Gasteiger partial charge in [-0.2, -0.15) is 0 Å². The zero-order chi connectivity index (χ0) is 30.4. The van der Waals surface area contributed by atoms with E-state index in [9.17, 15) is 29.4 Å². The normalized spacial score (nSPS) is 14.3. The zero-order valence-electron chi connectivity index (χ0n) is 23.4. The predicted octanol–water partition coefficient (Wildman–Crippen LogP) is 0.949. The van der Waals surface area contributed by atoms with Crippen LogP contribution in [-0.2, 0) is 32.0 Å². The maximum atomic E-state index is 13.7. The summed E-state index contributed by atoms with van der Waals surface area (Å²) in [5.74, 6) is -3.66. The Bertz CT molecular complexity index is 1580. The van der Waals surface area contributed by atoms with Crippen LogP contribution in [0.5, 0.6) is 0 Å². The van der Waals surface area contributed by atoms with Gasteiger partial charge in [0.1, 0.15) is 24.2 Å². The molecule has 0 bridgehead atoms. The molecule has 4 aromatic rings. The van der Waals surface area contributed by atoms with Crippen LogP contribution in [0.25, 0.3) is 21.8 Å². The standard InChI is InChI=1S/C30H36N6O6/c1-16(2)26(36-27(38)21(31)15-37)29(40)34-24(11-17-13-32-22-9-5-3-7-19(17)22)28(39)35-25(30(41)42)12-18-14-33-23-10-6-4-8-20(18)23/h3-10,13-14,16,21,24-26,32-33,37H,11-12,15,31H2,1-2H3,(H,34,40)(H,35,39)(H,36,38)(H,41,42). The molecule has 0 aliphatic carbocycles. The number of carboxylic acid groups (broad SMARTS) is 1. The molecule has 9 N–H and O–H groups in total. The Morgan fingerprint density at radius 1 is 0.762 bits per heavy atom. The molecular formula is C30H36N6O6.